The van der Waals surface area contributed by atoms with Gasteiger partial charge in [-0.05, 0) is 61.6 Å². The summed E-state index contributed by atoms with van der Waals surface area (Å²) in [7, 11) is 0. The Morgan fingerprint density at radius 3 is 2.38 bits per heavy atom. The summed E-state index contributed by atoms with van der Waals surface area (Å²) in [6, 6.07) is 29.2. The zero-order chi connectivity index (χ0) is 40.4. The van der Waals surface area contributed by atoms with Crippen LogP contribution >= 0.6 is 11.3 Å². The molecule has 13 nitrogen and oxygen atoms in total. The van der Waals surface area contributed by atoms with E-state index in [1.165, 1.54) is 34.4 Å². The van der Waals surface area contributed by atoms with Crippen molar-refractivity contribution in [3.63, 3.8) is 0 Å². The average molecular weight is 798 g/mol. The van der Waals surface area contributed by atoms with E-state index in [0.29, 0.717) is 54.3 Å². The maximum atomic E-state index is 14.3. The van der Waals surface area contributed by atoms with Crippen LogP contribution in [0.15, 0.2) is 108 Å². The number of amides is 3. The molecular formula is C44H43N7O6S. The topological polar surface area (TPSA) is 171 Å². The standard InChI is InChI=1S/C44H43N7O6S/c1-28-39(58-40(46-28)31-12-6-3-7-13-31)43(56)50-20-17-33(34(25-50)30-10-4-2-5-11-30)41(54)49-21-18-44(57,19-22-49)26-51-27-45-35-15-16-36(48-38(35)42(51)55)47-37(53)24-29-9-8-14-32(52)23-29/h2-16,23,27,33-34,52,57H,17-22,24-26H2,1H3,(H,47,48,53). The highest BCUT2D eigenvalue weighted by Gasteiger charge is 2.42. The van der Waals surface area contributed by atoms with Crippen molar-refractivity contribution in [1.82, 2.24) is 29.3 Å². The van der Waals surface area contributed by atoms with Gasteiger partial charge in [-0.1, -0.05) is 72.8 Å². The Bertz CT molecular complexity index is 2530. The first-order valence-electron chi connectivity index (χ1n) is 19.4. The second-order valence-corrected chi connectivity index (χ2v) is 16.1. The van der Waals surface area contributed by atoms with Gasteiger partial charge < -0.3 is 25.3 Å². The fourth-order valence-corrected chi connectivity index (χ4v) is 9.06. The number of phenolic OH excluding ortho intramolecular Hbond substituents is 1. The molecule has 3 aromatic carbocycles. The van der Waals surface area contributed by atoms with E-state index < -0.39 is 11.2 Å². The number of aromatic hydroxyl groups is 1. The van der Waals surface area contributed by atoms with Gasteiger partial charge in [0.05, 0.1) is 36.1 Å². The summed E-state index contributed by atoms with van der Waals surface area (Å²) in [5.74, 6) is -0.779. The van der Waals surface area contributed by atoms with Gasteiger partial charge in [-0.3, -0.25) is 23.7 Å². The Kier molecular flexibility index (Phi) is 10.9. The van der Waals surface area contributed by atoms with Crippen molar-refractivity contribution in [2.24, 2.45) is 5.92 Å². The zero-order valence-corrected chi connectivity index (χ0v) is 32.8. The van der Waals surface area contributed by atoms with Crippen LogP contribution in [0.4, 0.5) is 5.82 Å². The SMILES string of the molecule is Cc1nc(-c2ccccc2)sc1C(=O)N1CCC(C(=O)N2CCC(O)(Cn3cnc4ccc(NC(=O)Cc5cccc(O)c5)nc4c3=O)CC2)C(c2ccccc2)C1. The number of likely N-dealkylation sites (tertiary alicyclic amines) is 2. The number of rotatable bonds is 9. The molecule has 2 saturated heterocycles. The Morgan fingerprint density at radius 1 is 0.897 bits per heavy atom. The fourth-order valence-electron chi connectivity index (χ4n) is 8.02. The van der Waals surface area contributed by atoms with Gasteiger partial charge in [0.25, 0.3) is 11.5 Å². The number of carbonyl (C=O) groups excluding carboxylic acids is 3. The first-order chi connectivity index (χ1) is 28.0. The largest absolute Gasteiger partial charge is 0.508 e. The summed E-state index contributed by atoms with van der Waals surface area (Å²) in [6.07, 6.45) is 2.40. The molecule has 8 rings (SSSR count). The minimum Gasteiger partial charge on any atom is -0.508 e. The van der Waals surface area contributed by atoms with E-state index in [2.05, 4.69) is 15.3 Å². The molecule has 14 heteroatoms. The van der Waals surface area contributed by atoms with Gasteiger partial charge in [-0.15, -0.1) is 11.3 Å². The van der Waals surface area contributed by atoms with Crippen molar-refractivity contribution in [3.05, 3.63) is 135 Å². The number of aryl methyl sites for hydroxylation is 1. The van der Waals surface area contributed by atoms with E-state index in [-0.39, 0.29) is 72.4 Å². The van der Waals surface area contributed by atoms with Gasteiger partial charge in [-0.2, -0.15) is 0 Å². The number of pyridine rings is 1. The summed E-state index contributed by atoms with van der Waals surface area (Å²) in [4.78, 5) is 72.4. The Morgan fingerprint density at radius 2 is 1.64 bits per heavy atom. The van der Waals surface area contributed by atoms with Crippen LogP contribution in [0.3, 0.4) is 0 Å². The minimum atomic E-state index is -1.27. The molecule has 6 aromatic rings. The number of aromatic nitrogens is 4. The number of benzene rings is 3. The second kappa shape index (κ2) is 16.3. The van der Waals surface area contributed by atoms with Crippen LogP contribution in [0.5, 0.6) is 5.75 Å². The first kappa shape index (κ1) is 38.6. The highest BCUT2D eigenvalue weighted by molar-refractivity contribution is 7.17. The fraction of sp³-hybridized carbons (Fsp3) is 0.295. The average Bonchev–Trinajstić information content (AvgIpc) is 3.63. The number of piperidine rings is 2. The molecule has 58 heavy (non-hydrogen) atoms. The number of thiazole rings is 1. The number of nitrogens with zero attached hydrogens (tertiary/aromatic N) is 6. The number of hydrogen-bond donors (Lipinski definition) is 3. The molecule has 2 atom stereocenters. The Balaban J connectivity index is 0.926. The first-order valence-corrected chi connectivity index (χ1v) is 20.2. The maximum absolute atomic E-state index is 14.3. The van der Waals surface area contributed by atoms with Crippen molar-refractivity contribution < 1.29 is 24.6 Å². The lowest BCUT2D eigenvalue weighted by Crippen LogP contribution is -2.53. The molecule has 0 saturated carbocycles. The molecule has 0 bridgehead atoms. The van der Waals surface area contributed by atoms with Crippen molar-refractivity contribution in [2.45, 2.75) is 50.7 Å². The molecule has 2 aliphatic heterocycles. The molecule has 296 valence electrons. The summed E-state index contributed by atoms with van der Waals surface area (Å²) in [6.45, 7) is 3.27. The van der Waals surface area contributed by atoms with E-state index in [4.69, 9.17) is 4.98 Å². The van der Waals surface area contributed by atoms with E-state index in [9.17, 15) is 29.4 Å². The monoisotopic (exact) mass is 797 g/mol. The zero-order valence-electron chi connectivity index (χ0n) is 32.0. The Labute approximate surface area is 338 Å². The minimum absolute atomic E-state index is 0.00397. The third kappa shape index (κ3) is 8.25. The molecule has 0 spiro atoms. The number of hydrogen-bond acceptors (Lipinski definition) is 10. The highest BCUT2D eigenvalue weighted by atomic mass is 32.1. The number of anilines is 1. The molecule has 2 unspecified atom stereocenters. The van der Waals surface area contributed by atoms with E-state index in [1.807, 2.05) is 72.5 Å². The quantitative estimate of drug-likeness (QED) is 0.173. The van der Waals surface area contributed by atoms with Gasteiger partial charge in [0.1, 0.15) is 21.5 Å². The van der Waals surface area contributed by atoms with Crippen LogP contribution in [0.2, 0.25) is 0 Å². The molecule has 3 N–H and O–H groups in total. The number of phenols is 1. The summed E-state index contributed by atoms with van der Waals surface area (Å²) < 4.78 is 1.33. The lowest BCUT2D eigenvalue weighted by molar-refractivity contribution is -0.142. The van der Waals surface area contributed by atoms with E-state index in [0.717, 1.165) is 16.1 Å². The maximum Gasteiger partial charge on any atom is 0.280 e. The van der Waals surface area contributed by atoms with E-state index in [1.54, 1.807) is 29.2 Å². The number of nitrogens with one attached hydrogen (secondary N) is 1. The normalized spacial score (nSPS) is 17.9. The van der Waals surface area contributed by atoms with Crippen LogP contribution in [-0.4, -0.2) is 89.0 Å². The van der Waals surface area contributed by atoms with Crippen LogP contribution in [-0.2, 0) is 22.6 Å². The number of aliphatic hydroxyl groups is 1. The van der Waals surface area contributed by atoms with Gasteiger partial charge in [0.15, 0.2) is 5.52 Å². The number of carbonyl (C=O) groups is 3. The third-order valence-electron chi connectivity index (χ3n) is 11.1. The van der Waals surface area contributed by atoms with Gasteiger partial charge in [0, 0.05) is 43.6 Å². The van der Waals surface area contributed by atoms with Crippen molar-refractivity contribution in [2.75, 3.05) is 31.5 Å². The molecule has 0 radical (unpaired) electrons. The smallest absolute Gasteiger partial charge is 0.280 e. The van der Waals surface area contributed by atoms with Gasteiger partial charge >= 0.3 is 0 Å². The van der Waals surface area contributed by atoms with Crippen LogP contribution in [0.1, 0.15) is 51.7 Å². The van der Waals surface area contributed by atoms with Crippen LogP contribution in [0.25, 0.3) is 21.6 Å². The van der Waals surface area contributed by atoms with Crippen molar-refractivity contribution in [1.29, 1.82) is 0 Å². The molecule has 0 aliphatic carbocycles. The molecule has 5 heterocycles. The predicted octanol–water partition coefficient (Wildman–Crippen LogP) is 5.41. The predicted molar refractivity (Wildman–Crippen MR) is 220 cm³/mol. The molecule has 3 aromatic heterocycles. The lowest BCUT2D eigenvalue weighted by Gasteiger charge is -2.43. The van der Waals surface area contributed by atoms with Crippen LogP contribution < -0.4 is 10.9 Å². The van der Waals surface area contributed by atoms with Crippen LogP contribution in [0, 0.1) is 12.8 Å². The van der Waals surface area contributed by atoms with E-state index >= 15 is 0 Å². The number of fused-ring (bicyclic) bond motifs is 1. The summed E-state index contributed by atoms with van der Waals surface area (Å²) in [5, 5.41) is 24.9. The van der Waals surface area contributed by atoms with Crippen molar-refractivity contribution in [3.8, 4) is 16.3 Å². The third-order valence-corrected chi connectivity index (χ3v) is 12.3. The van der Waals surface area contributed by atoms with Gasteiger partial charge in [0.2, 0.25) is 11.8 Å². The summed E-state index contributed by atoms with van der Waals surface area (Å²) in [5.41, 5.74) is 1.93. The second-order valence-electron chi connectivity index (χ2n) is 15.1. The Hall–Kier alpha value is -6.25. The molecule has 3 amide bonds. The lowest BCUT2D eigenvalue weighted by atomic mass is 9.79. The summed E-state index contributed by atoms with van der Waals surface area (Å²) >= 11 is 1.39. The molecule has 2 aliphatic rings. The highest BCUT2D eigenvalue weighted by Crippen LogP contribution is 2.37. The molecular weight excluding hydrogens is 755 g/mol. The molecule has 2 fully saturated rings. The van der Waals surface area contributed by atoms with Gasteiger partial charge in [-0.25, -0.2) is 15.0 Å². The van der Waals surface area contributed by atoms with Crippen molar-refractivity contribution >= 4 is 45.9 Å².